The molecule has 2 N–H and O–H groups in total. The second-order valence-electron chi connectivity index (χ2n) is 5.38. The van der Waals surface area contributed by atoms with Crippen molar-refractivity contribution in [3.63, 3.8) is 0 Å². The molecule has 1 fully saturated rings. The van der Waals surface area contributed by atoms with Gasteiger partial charge in [0.05, 0.1) is 10.5 Å². The number of benzene rings is 1. The molecule has 4 nitrogen and oxygen atoms in total. The molecule has 1 aliphatic rings. The van der Waals surface area contributed by atoms with Gasteiger partial charge < -0.3 is 5.73 Å². The third-order valence-corrected chi connectivity index (χ3v) is 5.55. The van der Waals surface area contributed by atoms with Gasteiger partial charge in [0.2, 0.25) is 10.0 Å². The fraction of sp³-hybridized carbons (Fsp3) is 0.538. The Hall–Kier alpha value is -1.12. The average molecular weight is 322 g/mol. The average Bonchev–Trinajstić information content (AvgIpc) is 2.35. The quantitative estimate of drug-likeness (QED) is 0.923. The molecule has 0 heterocycles. The molecule has 0 bridgehead atoms. The van der Waals surface area contributed by atoms with Crippen LogP contribution in [0, 0.1) is 5.92 Å². The first-order valence-corrected chi connectivity index (χ1v) is 7.94. The van der Waals surface area contributed by atoms with Gasteiger partial charge in [-0.2, -0.15) is 13.2 Å². The Labute approximate surface area is 121 Å². The number of nitrogens with two attached hydrogens (primary N) is 1. The van der Waals surface area contributed by atoms with Gasteiger partial charge in [0.25, 0.3) is 0 Å². The van der Waals surface area contributed by atoms with Crippen LogP contribution in [0.15, 0.2) is 29.2 Å². The molecule has 0 aliphatic heterocycles. The molecule has 0 amide bonds. The standard InChI is InChI=1S/C13H17F3N2O2S/c1-18(8-9-6-10(17)7-9)21(19,20)12-5-3-2-4-11(12)13(14,15)16/h2-5,9-10H,6-8,17H2,1H3. The van der Waals surface area contributed by atoms with Crippen molar-refractivity contribution in [3.8, 4) is 0 Å². The SMILES string of the molecule is CN(CC1CC(N)C1)S(=O)(=O)c1ccccc1C(F)(F)F. The molecule has 118 valence electrons. The molecular weight excluding hydrogens is 305 g/mol. The summed E-state index contributed by atoms with van der Waals surface area (Å²) in [5.41, 5.74) is 4.49. The van der Waals surface area contributed by atoms with Crippen LogP contribution >= 0.6 is 0 Å². The van der Waals surface area contributed by atoms with E-state index in [1.54, 1.807) is 0 Å². The Bertz CT molecular complexity index is 610. The van der Waals surface area contributed by atoms with Gasteiger partial charge in [-0.3, -0.25) is 0 Å². The second-order valence-corrected chi connectivity index (χ2v) is 7.39. The number of nitrogens with zero attached hydrogens (tertiary/aromatic N) is 1. The van der Waals surface area contributed by atoms with E-state index in [0.29, 0.717) is 12.8 Å². The zero-order valence-corrected chi connectivity index (χ0v) is 12.3. The topological polar surface area (TPSA) is 63.4 Å². The third kappa shape index (κ3) is 3.38. The molecule has 1 aromatic rings. The van der Waals surface area contributed by atoms with Crippen molar-refractivity contribution in [2.75, 3.05) is 13.6 Å². The van der Waals surface area contributed by atoms with Gasteiger partial charge in [0, 0.05) is 19.6 Å². The molecule has 8 heteroatoms. The number of hydrogen-bond donors (Lipinski definition) is 1. The normalized spacial score (nSPS) is 23.1. The van der Waals surface area contributed by atoms with Crippen LogP contribution in [0.5, 0.6) is 0 Å². The molecular formula is C13H17F3N2O2S. The van der Waals surface area contributed by atoms with Crippen molar-refractivity contribution in [1.29, 1.82) is 0 Å². The molecule has 1 aliphatic carbocycles. The summed E-state index contributed by atoms with van der Waals surface area (Å²) in [5, 5.41) is 0. The zero-order valence-electron chi connectivity index (χ0n) is 11.5. The van der Waals surface area contributed by atoms with E-state index in [1.807, 2.05) is 0 Å². The molecule has 0 radical (unpaired) electrons. The van der Waals surface area contributed by atoms with Gasteiger partial charge >= 0.3 is 6.18 Å². The highest BCUT2D eigenvalue weighted by Gasteiger charge is 2.39. The van der Waals surface area contributed by atoms with Crippen LogP contribution < -0.4 is 5.73 Å². The molecule has 0 atom stereocenters. The van der Waals surface area contributed by atoms with Crippen LogP contribution in [0.4, 0.5) is 13.2 Å². The maximum absolute atomic E-state index is 12.9. The van der Waals surface area contributed by atoms with E-state index < -0.39 is 26.7 Å². The van der Waals surface area contributed by atoms with E-state index in [4.69, 9.17) is 5.73 Å². The summed E-state index contributed by atoms with van der Waals surface area (Å²) in [4.78, 5) is -0.705. The first-order chi connectivity index (χ1) is 9.62. The van der Waals surface area contributed by atoms with Gasteiger partial charge in [-0.05, 0) is 30.9 Å². The molecule has 0 spiro atoms. The number of halogens is 3. The van der Waals surface area contributed by atoms with Gasteiger partial charge in [-0.25, -0.2) is 12.7 Å². The first-order valence-electron chi connectivity index (χ1n) is 6.50. The van der Waals surface area contributed by atoms with E-state index in [0.717, 1.165) is 16.4 Å². The summed E-state index contributed by atoms with van der Waals surface area (Å²) in [6.07, 6.45) is -3.31. The summed E-state index contributed by atoms with van der Waals surface area (Å²) in [7, 11) is -2.87. The third-order valence-electron chi connectivity index (χ3n) is 3.67. The van der Waals surface area contributed by atoms with Crippen molar-refractivity contribution in [1.82, 2.24) is 4.31 Å². The highest BCUT2D eigenvalue weighted by molar-refractivity contribution is 7.89. The van der Waals surface area contributed by atoms with Crippen LogP contribution in [0.25, 0.3) is 0 Å². The lowest BCUT2D eigenvalue weighted by molar-refractivity contribution is -0.139. The summed E-state index contributed by atoms with van der Waals surface area (Å²) >= 11 is 0. The molecule has 0 aromatic heterocycles. The van der Waals surface area contributed by atoms with E-state index in [2.05, 4.69) is 0 Å². The van der Waals surface area contributed by atoms with Crippen molar-refractivity contribution < 1.29 is 21.6 Å². The van der Waals surface area contributed by atoms with Crippen molar-refractivity contribution in [2.24, 2.45) is 11.7 Å². The maximum atomic E-state index is 12.9. The Balaban J connectivity index is 2.27. The molecule has 0 saturated heterocycles. The van der Waals surface area contributed by atoms with E-state index in [-0.39, 0.29) is 18.5 Å². The minimum Gasteiger partial charge on any atom is -0.328 e. The molecule has 1 aromatic carbocycles. The van der Waals surface area contributed by atoms with Crippen LogP contribution in [0.3, 0.4) is 0 Å². The highest BCUT2D eigenvalue weighted by atomic mass is 32.2. The van der Waals surface area contributed by atoms with Crippen molar-refractivity contribution in [3.05, 3.63) is 29.8 Å². The second kappa shape index (κ2) is 5.58. The van der Waals surface area contributed by atoms with Crippen molar-refractivity contribution in [2.45, 2.75) is 30.0 Å². The molecule has 2 rings (SSSR count). The smallest absolute Gasteiger partial charge is 0.328 e. The van der Waals surface area contributed by atoms with Crippen LogP contribution in [-0.2, 0) is 16.2 Å². The molecule has 0 unspecified atom stereocenters. The molecule has 1 saturated carbocycles. The number of hydrogen-bond acceptors (Lipinski definition) is 3. The highest BCUT2D eigenvalue weighted by Crippen LogP contribution is 2.35. The lowest BCUT2D eigenvalue weighted by Gasteiger charge is -2.35. The van der Waals surface area contributed by atoms with E-state index in [1.165, 1.54) is 19.2 Å². The minimum absolute atomic E-state index is 0.0635. The Kier molecular flexibility index (Phi) is 4.32. The van der Waals surface area contributed by atoms with Crippen LogP contribution in [-0.4, -0.2) is 32.4 Å². The monoisotopic (exact) mass is 322 g/mol. The fourth-order valence-corrected chi connectivity index (χ4v) is 3.95. The van der Waals surface area contributed by atoms with Gasteiger partial charge in [-0.15, -0.1) is 0 Å². The predicted molar refractivity (Wildman–Crippen MR) is 72.0 cm³/mol. The van der Waals surface area contributed by atoms with Crippen LogP contribution in [0.1, 0.15) is 18.4 Å². The summed E-state index contributed by atoms with van der Waals surface area (Å²) in [6.45, 7) is 0.183. The number of sulfonamides is 1. The van der Waals surface area contributed by atoms with E-state index >= 15 is 0 Å². The Morgan fingerprint density at radius 1 is 1.29 bits per heavy atom. The maximum Gasteiger partial charge on any atom is 0.417 e. The van der Waals surface area contributed by atoms with Gasteiger partial charge in [0.1, 0.15) is 0 Å². The summed E-state index contributed by atoms with van der Waals surface area (Å²) in [6, 6.07) is 4.29. The summed E-state index contributed by atoms with van der Waals surface area (Å²) < 4.78 is 64.5. The van der Waals surface area contributed by atoms with Crippen LogP contribution in [0.2, 0.25) is 0 Å². The number of rotatable bonds is 4. The first kappa shape index (κ1) is 16.3. The van der Waals surface area contributed by atoms with Crippen molar-refractivity contribution >= 4 is 10.0 Å². The largest absolute Gasteiger partial charge is 0.417 e. The lowest BCUT2D eigenvalue weighted by atomic mass is 9.81. The van der Waals surface area contributed by atoms with E-state index in [9.17, 15) is 21.6 Å². The Morgan fingerprint density at radius 2 is 1.86 bits per heavy atom. The predicted octanol–water partition coefficient (Wildman–Crippen LogP) is 2.06. The zero-order chi connectivity index (χ0) is 15.8. The molecule has 21 heavy (non-hydrogen) atoms. The number of alkyl halides is 3. The fourth-order valence-electron chi connectivity index (χ4n) is 2.49. The Morgan fingerprint density at radius 3 is 2.38 bits per heavy atom. The van der Waals surface area contributed by atoms with Gasteiger partial charge in [0.15, 0.2) is 0 Å². The minimum atomic E-state index is -4.71. The van der Waals surface area contributed by atoms with Gasteiger partial charge in [-0.1, -0.05) is 12.1 Å². The lowest BCUT2D eigenvalue weighted by Crippen LogP contribution is -2.43. The summed E-state index contributed by atoms with van der Waals surface area (Å²) in [5.74, 6) is 0.109.